The van der Waals surface area contributed by atoms with E-state index in [2.05, 4.69) is 5.32 Å². The third kappa shape index (κ3) is 5.47. The van der Waals surface area contributed by atoms with Crippen LogP contribution < -0.4 is 5.32 Å². The second-order valence-corrected chi connectivity index (χ2v) is 6.65. The first-order valence-corrected chi connectivity index (χ1v) is 7.57. The van der Waals surface area contributed by atoms with Gasteiger partial charge in [0.15, 0.2) is 0 Å². The van der Waals surface area contributed by atoms with Gasteiger partial charge >= 0.3 is 0 Å². The van der Waals surface area contributed by atoms with Crippen molar-refractivity contribution in [1.29, 1.82) is 0 Å². The van der Waals surface area contributed by atoms with Gasteiger partial charge in [-0.15, -0.1) is 0 Å². The fourth-order valence-electron chi connectivity index (χ4n) is 1.96. The van der Waals surface area contributed by atoms with Crippen LogP contribution in [-0.2, 0) is 9.84 Å². The SMILES string of the molecule is CS(=O)(=O)CCCC(F)C1CCCNC1. The smallest absolute Gasteiger partial charge is 0.147 e. The van der Waals surface area contributed by atoms with E-state index in [4.69, 9.17) is 0 Å². The minimum atomic E-state index is -2.93. The molecule has 1 saturated heterocycles. The molecule has 0 saturated carbocycles. The molecule has 5 heteroatoms. The molecule has 2 atom stereocenters. The van der Waals surface area contributed by atoms with Crippen LogP contribution in [0.4, 0.5) is 4.39 Å². The quantitative estimate of drug-likeness (QED) is 0.780. The van der Waals surface area contributed by atoms with Crippen molar-refractivity contribution in [3.63, 3.8) is 0 Å². The van der Waals surface area contributed by atoms with Gasteiger partial charge in [0.05, 0.1) is 0 Å². The lowest BCUT2D eigenvalue weighted by Gasteiger charge is -2.25. The van der Waals surface area contributed by atoms with Gasteiger partial charge in [0.25, 0.3) is 0 Å². The summed E-state index contributed by atoms with van der Waals surface area (Å²) in [5.74, 6) is 0.186. The zero-order valence-electron chi connectivity index (χ0n) is 9.21. The highest BCUT2D eigenvalue weighted by Gasteiger charge is 2.22. The maximum atomic E-state index is 13.6. The summed E-state index contributed by atoms with van der Waals surface area (Å²) < 4.78 is 35.3. The highest BCUT2D eigenvalue weighted by molar-refractivity contribution is 7.90. The molecule has 1 N–H and O–H groups in total. The zero-order chi connectivity index (χ0) is 11.3. The van der Waals surface area contributed by atoms with Crippen LogP contribution in [0.3, 0.4) is 0 Å². The lowest BCUT2D eigenvalue weighted by atomic mass is 9.92. The Balaban J connectivity index is 2.20. The van der Waals surface area contributed by atoms with Crippen LogP contribution >= 0.6 is 0 Å². The minimum absolute atomic E-state index is 0.0818. The van der Waals surface area contributed by atoms with E-state index in [1.54, 1.807) is 0 Å². The molecule has 0 amide bonds. The number of hydrogen-bond acceptors (Lipinski definition) is 3. The molecule has 0 aromatic rings. The molecule has 0 radical (unpaired) electrons. The summed E-state index contributed by atoms with van der Waals surface area (Å²) in [6.07, 6.45) is 3.11. The first-order valence-electron chi connectivity index (χ1n) is 5.51. The van der Waals surface area contributed by atoms with Crippen molar-refractivity contribution in [2.24, 2.45) is 5.92 Å². The fraction of sp³-hybridized carbons (Fsp3) is 1.00. The van der Waals surface area contributed by atoms with Gasteiger partial charge in [0, 0.05) is 24.5 Å². The summed E-state index contributed by atoms with van der Waals surface area (Å²) in [4.78, 5) is 0. The number of rotatable bonds is 5. The van der Waals surface area contributed by atoms with Gasteiger partial charge in [-0.3, -0.25) is 0 Å². The third-order valence-corrected chi connectivity index (χ3v) is 3.87. The van der Waals surface area contributed by atoms with E-state index in [1.807, 2.05) is 0 Å². The summed E-state index contributed by atoms with van der Waals surface area (Å²) in [5, 5.41) is 3.16. The first-order chi connectivity index (χ1) is 6.99. The summed E-state index contributed by atoms with van der Waals surface area (Å²) in [7, 11) is -2.93. The first kappa shape index (κ1) is 12.9. The Labute approximate surface area is 91.4 Å². The van der Waals surface area contributed by atoms with Gasteiger partial charge < -0.3 is 5.32 Å². The van der Waals surface area contributed by atoms with Crippen LogP contribution in [0.25, 0.3) is 0 Å². The van der Waals surface area contributed by atoms with E-state index in [1.165, 1.54) is 6.26 Å². The van der Waals surface area contributed by atoms with Crippen molar-refractivity contribution >= 4 is 9.84 Å². The Bertz CT molecular complexity index is 273. The van der Waals surface area contributed by atoms with Crippen LogP contribution in [0.2, 0.25) is 0 Å². The van der Waals surface area contributed by atoms with Gasteiger partial charge in [-0.05, 0) is 32.2 Å². The predicted octanol–water partition coefficient (Wildman–Crippen LogP) is 1.15. The van der Waals surface area contributed by atoms with Crippen LogP contribution in [0, 0.1) is 5.92 Å². The molecule has 0 aromatic heterocycles. The van der Waals surface area contributed by atoms with E-state index in [9.17, 15) is 12.8 Å². The lowest BCUT2D eigenvalue weighted by molar-refractivity contribution is 0.180. The number of piperidine rings is 1. The Morgan fingerprint density at radius 2 is 2.27 bits per heavy atom. The molecule has 0 spiro atoms. The van der Waals surface area contributed by atoms with Crippen molar-refractivity contribution in [3.05, 3.63) is 0 Å². The molecule has 15 heavy (non-hydrogen) atoms. The highest BCUT2D eigenvalue weighted by atomic mass is 32.2. The average molecular weight is 237 g/mol. The van der Waals surface area contributed by atoms with Crippen molar-refractivity contribution in [2.45, 2.75) is 31.9 Å². The Hall–Kier alpha value is -0.160. The molecule has 1 aliphatic heterocycles. The minimum Gasteiger partial charge on any atom is -0.316 e. The van der Waals surface area contributed by atoms with Gasteiger partial charge in [-0.1, -0.05) is 0 Å². The molecule has 1 rings (SSSR count). The maximum Gasteiger partial charge on any atom is 0.147 e. The molecule has 0 aromatic carbocycles. The molecular formula is C10H20FNO2S. The summed E-state index contributed by atoms with van der Waals surface area (Å²) >= 11 is 0. The van der Waals surface area contributed by atoms with Crippen molar-refractivity contribution in [3.8, 4) is 0 Å². The number of nitrogens with one attached hydrogen (secondary N) is 1. The van der Waals surface area contributed by atoms with E-state index in [0.717, 1.165) is 25.9 Å². The fourth-order valence-corrected chi connectivity index (χ4v) is 2.65. The number of halogens is 1. The van der Waals surface area contributed by atoms with Crippen LogP contribution in [0.5, 0.6) is 0 Å². The van der Waals surface area contributed by atoms with Crippen LogP contribution in [-0.4, -0.2) is 39.7 Å². The van der Waals surface area contributed by atoms with E-state index in [0.29, 0.717) is 12.8 Å². The topological polar surface area (TPSA) is 46.2 Å². The molecule has 1 fully saturated rings. The third-order valence-electron chi connectivity index (χ3n) is 2.84. The van der Waals surface area contributed by atoms with Gasteiger partial charge in [-0.2, -0.15) is 0 Å². The molecular weight excluding hydrogens is 217 g/mol. The predicted molar refractivity (Wildman–Crippen MR) is 59.4 cm³/mol. The molecule has 0 bridgehead atoms. The largest absolute Gasteiger partial charge is 0.316 e. The Morgan fingerprint density at radius 1 is 1.53 bits per heavy atom. The maximum absolute atomic E-state index is 13.6. The second kappa shape index (κ2) is 5.80. The zero-order valence-corrected chi connectivity index (χ0v) is 10.0. The lowest BCUT2D eigenvalue weighted by Crippen LogP contribution is -2.35. The van der Waals surface area contributed by atoms with Crippen LogP contribution in [0.1, 0.15) is 25.7 Å². The Kier molecular flexibility index (Phi) is 4.99. The molecule has 0 aliphatic carbocycles. The van der Waals surface area contributed by atoms with E-state index in [-0.39, 0.29) is 11.7 Å². The molecule has 1 aliphatic rings. The molecule has 2 unspecified atom stereocenters. The second-order valence-electron chi connectivity index (χ2n) is 4.39. The van der Waals surface area contributed by atoms with Gasteiger partial charge in [0.1, 0.15) is 16.0 Å². The van der Waals surface area contributed by atoms with Gasteiger partial charge in [0.2, 0.25) is 0 Å². The van der Waals surface area contributed by atoms with Crippen molar-refractivity contribution in [2.75, 3.05) is 25.1 Å². The number of hydrogen-bond donors (Lipinski definition) is 1. The van der Waals surface area contributed by atoms with E-state index < -0.39 is 16.0 Å². The number of sulfone groups is 1. The normalized spacial score (nSPS) is 25.1. The summed E-state index contributed by atoms with van der Waals surface area (Å²) in [6, 6.07) is 0. The highest BCUT2D eigenvalue weighted by Crippen LogP contribution is 2.20. The van der Waals surface area contributed by atoms with Crippen LogP contribution in [0.15, 0.2) is 0 Å². The molecule has 90 valence electrons. The number of alkyl halides is 1. The molecule has 1 heterocycles. The van der Waals surface area contributed by atoms with E-state index >= 15 is 0 Å². The van der Waals surface area contributed by atoms with Crippen molar-refractivity contribution < 1.29 is 12.8 Å². The monoisotopic (exact) mass is 237 g/mol. The summed E-state index contributed by atoms with van der Waals surface area (Å²) in [6.45, 7) is 1.71. The summed E-state index contributed by atoms with van der Waals surface area (Å²) in [5.41, 5.74) is 0. The molecule has 3 nitrogen and oxygen atoms in total. The Morgan fingerprint density at radius 3 is 2.80 bits per heavy atom. The standard InChI is InChI=1S/C10H20FNO2S/c1-15(13,14)7-3-5-10(11)9-4-2-6-12-8-9/h9-10,12H,2-8H2,1H3. The van der Waals surface area contributed by atoms with Crippen molar-refractivity contribution in [1.82, 2.24) is 5.32 Å². The van der Waals surface area contributed by atoms with Gasteiger partial charge in [-0.25, -0.2) is 12.8 Å². The average Bonchev–Trinajstić information content (AvgIpc) is 2.17.